The summed E-state index contributed by atoms with van der Waals surface area (Å²) in [6.07, 6.45) is 2.60. The summed E-state index contributed by atoms with van der Waals surface area (Å²) in [5, 5.41) is 2.97. The predicted molar refractivity (Wildman–Crippen MR) is 85.7 cm³/mol. The lowest BCUT2D eigenvalue weighted by molar-refractivity contribution is 0.0946. The van der Waals surface area contributed by atoms with Gasteiger partial charge in [0.05, 0.1) is 5.56 Å². The van der Waals surface area contributed by atoms with Crippen LogP contribution in [0.2, 0.25) is 0 Å². The van der Waals surface area contributed by atoms with Crippen LogP contribution in [0.3, 0.4) is 0 Å². The van der Waals surface area contributed by atoms with Crippen LogP contribution < -0.4 is 11.1 Å². The Bertz CT molecular complexity index is 472. The Labute approximate surface area is 128 Å². The first kappa shape index (κ1) is 15.3. The first-order valence-corrected chi connectivity index (χ1v) is 7.91. The summed E-state index contributed by atoms with van der Waals surface area (Å²) in [5.74, 6) is 0.358. The van der Waals surface area contributed by atoms with E-state index in [9.17, 15) is 4.79 Å². The first-order chi connectivity index (χ1) is 9.56. The van der Waals surface area contributed by atoms with Crippen LogP contribution in [0.15, 0.2) is 22.7 Å². The second-order valence-corrected chi connectivity index (χ2v) is 6.47. The van der Waals surface area contributed by atoms with Gasteiger partial charge in [0.25, 0.3) is 5.91 Å². The van der Waals surface area contributed by atoms with Gasteiger partial charge in [-0.3, -0.25) is 4.79 Å². The number of nitrogens with one attached hydrogen (secondary N) is 1. The quantitative estimate of drug-likeness (QED) is 0.810. The second kappa shape index (κ2) is 7.09. The predicted octanol–water partition coefficient (Wildman–Crippen LogP) is 2.49. The van der Waals surface area contributed by atoms with Crippen molar-refractivity contribution in [3.8, 4) is 0 Å². The normalized spacial score (nSPS) is 17.1. The van der Waals surface area contributed by atoms with Crippen LogP contribution in [-0.4, -0.2) is 37.0 Å². The molecule has 1 aromatic rings. The molecule has 0 saturated carbocycles. The minimum Gasteiger partial charge on any atom is -0.398 e. The first-order valence-electron chi connectivity index (χ1n) is 7.12. The van der Waals surface area contributed by atoms with Crippen LogP contribution in [0, 0.1) is 5.92 Å². The smallest absolute Gasteiger partial charge is 0.253 e. The number of hydrogen-bond acceptors (Lipinski definition) is 3. The molecule has 5 heteroatoms. The van der Waals surface area contributed by atoms with E-state index >= 15 is 0 Å². The number of halogens is 1. The van der Waals surface area contributed by atoms with E-state index in [4.69, 9.17) is 5.73 Å². The van der Waals surface area contributed by atoms with E-state index in [2.05, 4.69) is 33.1 Å². The van der Waals surface area contributed by atoms with Gasteiger partial charge in [0, 0.05) is 23.2 Å². The number of carbonyl (C=O) groups is 1. The molecule has 1 aliphatic rings. The molecule has 0 radical (unpaired) electrons. The molecule has 1 heterocycles. The summed E-state index contributed by atoms with van der Waals surface area (Å²) < 4.78 is 0.883. The maximum Gasteiger partial charge on any atom is 0.253 e. The molecule has 110 valence electrons. The minimum atomic E-state index is -0.0942. The molecule has 1 saturated heterocycles. The van der Waals surface area contributed by atoms with Gasteiger partial charge in [-0.25, -0.2) is 0 Å². The maximum absolute atomic E-state index is 12.1. The average Bonchev–Trinajstić information content (AvgIpc) is 2.89. The van der Waals surface area contributed by atoms with Crippen molar-refractivity contribution in [2.45, 2.75) is 19.8 Å². The highest BCUT2D eigenvalue weighted by Crippen LogP contribution is 2.18. The summed E-state index contributed by atoms with van der Waals surface area (Å²) in [4.78, 5) is 14.6. The Morgan fingerprint density at radius 1 is 1.45 bits per heavy atom. The lowest BCUT2D eigenvalue weighted by Gasteiger charge is -2.20. The fourth-order valence-electron chi connectivity index (χ4n) is 2.57. The largest absolute Gasteiger partial charge is 0.398 e. The van der Waals surface area contributed by atoms with Gasteiger partial charge in [-0.15, -0.1) is 0 Å². The minimum absolute atomic E-state index is 0.0942. The number of benzene rings is 1. The van der Waals surface area contributed by atoms with E-state index in [0.29, 0.717) is 23.7 Å². The van der Waals surface area contributed by atoms with Gasteiger partial charge in [-0.05, 0) is 50.0 Å². The SMILES string of the molecule is CC(CNC(=O)c1ccc(Br)cc1N)CN1CCCC1. The lowest BCUT2D eigenvalue weighted by Crippen LogP contribution is -2.34. The summed E-state index contributed by atoms with van der Waals surface area (Å²) in [6.45, 7) is 6.29. The number of nitrogen functional groups attached to an aromatic ring is 1. The van der Waals surface area contributed by atoms with Gasteiger partial charge in [0.1, 0.15) is 0 Å². The molecule has 20 heavy (non-hydrogen) atoms. The molecule has 2 rings (SSSR count). The molecule has 3 N–H and O–H groups in total. The topological polar surface area (TPSA) is 58.4 Å². The third-order valence-corrected chi connectivity index (χ3v) is 4.13. The van der Waals surface area contributed by atoms with Crippen molar-refractivity contribution in [2.24, 2.45) is 5.92 Å². The summed E-state index contributed by atoms with van der Waals surface area (Å²) in [7, 11) is 0. The van der Waals surface area contributed by atoms with Crippen LogP contribution in [0.25, 0.3) is 0 Å². The van der Waals surface area contributed by atoms with E-state index in [1.807, 2.05) is 6.07 Å². The summed E-state index contributed by atoms with van der Waals surface area (Å²) >= 11 is 3.34. The third-order valence-electron chi connectivity index (χ3n) is 3.64. The molecular weight excluding hydrogens is 318 g/mol. The Morgan fingerprint density at radius 3 is 2.80 bits per heavy atom. The highest BCUT2D eigenvalue weighted by molar-refractivity contribution is 9.10. The van der Waals surface area contributed by atoms with Gasteiger partial charge in [-0.1, -0.05) is 22.9 Å². The number of amides is 1. The van der Waals surface area contributed by atoms with Crippen molar-refractivity contribution in [1.82, 2.24) is 10.2 Å². The van der Waals surface area contributed by atoms with Crippen LogP contribution in [0.4, 0.5) is 5.69 Å². The van der Waals surface area contributed by atoms with E-state index < -0.39 is 0 Å². The number of hydrogen-bond donors (Lipinski definition) is 2. The Kier molecular flexibility index (Phi) is 5.43. The van der Waals surface area contributed by atoms with Crippen molar-refractivity contribution in [3.05, 3.63) is 28.2 Å². The number of anilines is 1. The van der Waals surface area contributed by atoms with E-state index in [0.717, 1.165) is 11.0 Å². The molecule has 1 aliphatic heterocycles. The number of rotatable bonds is 5. The highest BCUT2D eigenvalue weighted by atomic mass is 79.9. The molecule has 0 aliphatic carbocycles. The summed E-state index contributed by atoms with van der Waals surface area (Å²) in [5.41, 5.74) is 6.91. The monoisotopic (exact) mass is 339 g/mol. The van der Waals surface area contributed by atoms with Crippen molar-refractivity contribution in [2.75, 3.05) is 31.9 Å². The fraction of sp³-hybridized carbons (Fsp3) is 0.533. The van der Waals surface area contributed by atoms with Gasteiger partial charge < -0.3 is 16.0 Å². The second-order valence-electron chi connectivity index (χ2n) is 5.55. The molecule has 0 bridgehead atoms. The Morgan fingerprint density at radius 2 is 2.15 bits per heavy atom. The molecule has 1 atom stereocenters. The Balaban J connectivity index is 1.81. The zero-order valence-corrected chi connectivity index (χ0v) is 13.4. The van der Waals surface area contributed by atoms with Gasteiger partial charge in [0.2, 0.25) is 0 Å². The Hall–Kier alpha value is -1.07. The molecule has 1 unspecified atom stereocenters. The number of nitrogens with two attached hydrogens (primary N) is 1. The molecular formula is C15H22BrN3O. The molecule has 4 nitrogen and oxygen atoms in total. The van der Waals surface area contributed by atoms with E-state index in [1.165, 1.54) is 25.9 Å². The molecule has 0 aromatic heterocycles. The summed E-state index contributed by atoms with van der Waals surface area (Å²) in [6, 6.07) is 5.33. The zero-order chi connectivity index (χ0) is 14.5. The standard InChI is InChI=1S/C15H22BrN3O/c1-11(10-19-6-2-3-7-19)9-18-15(20)13-5-4-12(16)8-14(13)17/h4-5,8,11H,2-3,6-7,9-10,17H2,1H3,(H,18,20). The molecule has 0 spiro atoms. The van der Waals surface area contributed by atoms with Gasteiger partial charge in [0.15, 0.2) is 0 Å². The van der Waals surface area contributed by atoms with Crippen molar-refractivity contribution >= 4 is 27.5 Å². The van der Waals surface area contributed by atoms with Gasteiger partial charge in [-0.2, -0.15) is 0 Å². The number of likely N-dealkylation sites (tertiary alicyclic amines) is 1. The van der Waals surface area contributed by atoms with Crippen LogP contribution in [0.5, 0.6) is 0 Å². The van der Waals surface area contributed by atoms with Crippen LogP contribution in [-0.2, 0) is 0 Å². The zero-order valence-electron chi connectivity index (χ0n) is 11.9. The van der Waals surface area contributed by atoms with E-state index in [1.54, 1.807) is 12.1 Å². The fourth-order valence-corrected chi connectivity index (χ4v) is 2.95. The van der Waals surface area contributed by atoms with Crippen molar-refractivity contribution < 1.29 is 4.79 Å². The van der Waals surface area contributed by atoms with Gasteiger partial charge >= 0.3 is 0 Å². The van der Waals surface area contributed by atoms with Crippen molar-refractivity contribution in [1.29, 1.82) is 0 Å². The van der Waals surface area contributed by atoms with Crippen LogP contribution >= 0.6 is 15.9 Å². The number of carbonyl (C=O) groups excluding carboxylic acids is 1. The molecule has 1 fully saturated rings. The third kappa shape index (κ3) is 4.21. The maximum atomic E-state index is 12.1. The van der Waals surface area contributed by atoms with Crippen LogP contribution in [0.1, 0.15) is 30.1 Å². The average molecular weight is 340 g/mol. The van der Waals surface area contributed by atoms with Crippen molar-refractivity contribution in [3.63, 3.8) is 0 Å². The molecule has 1 aromatic carbocycles. The lowest BCUT2D eigenvalue weighted by atomic mass is 10.1. The molecule has 1 amide bonds. The highest BCUT2D eigenvalue weighted by Gasteiger charge is 2.16. The van der Waals surface area contributed by atoms with E-state index in [-0.39, 0.29) is 5.91 Å². The number of nitrogens with zero attached hydrogens (tertiary/aromatic N) is 1.